The fourth-order valence-corrected chi connectivity index (χ4v) is 2.72. The number of rotatable bonds is 4. The average Bonchev–Trinajstić information content (AvgIpc) is 2.93. The zero-order chi connectivity index (χ0) is 15.5. The van der Waals surface area contributed by atoms with E-state index in [1.807, 2.05) is 48.5 Å². The molecular formula is C17H15BrN2O2. The van der Waals surface area contributed by atoms with E-state index in [0.717, 1.165) is 15.4 Å². The molecule has 0 fully saturated rings. The van der Waals surface area contributed by atoms with Crippen LogP contribution in [-0.4, -0.2) is 23.0 Å². The van der Waals surface area contributed by atoms with E-state index in [9.17, 15) is 4.79 Å². The van der Waals surface area contributed by atoms with Crippen LogP contribution >= 0.6 is 15.9 Å². The molecule has 1 aromatic heterocycles. The van der Waals surface area contributed by atoms with Crippen molar-refractivity contribution < 1.29 is 9.32 Å². The van der Waals surface area contributed by atoms with Crippen molar-refractivity contribution in [2.75, 3.05) is 7.05 Å². The van der Waals surface area contributed by atoms with Gasteiger partial charge in [-0.2, -0.15) is 0 Å². The molecule has 0 saturated heterocycles. The van der Waals surface area contributed by atoms with Crippen molar-refractivity contribution in [2.45, 2.75) is 13.0 Å². The molecule has 1 heterocycles. The standard InChI is InChI=1S/C17H15BrN2O2/c1-20(11-12-6-2-4-8-14(12)18)17(21)10-15-13-7-3-5-9-16(13)22-19-15/h2-9H,10-11H2,1H3. The minimum absolute atomic E-state index is 0.00908. The quantitative estimate of drug-likeness (QED) is 0.712. The first-order valence-corrected chi connectivity index (χ1v) is 7.75. The lowest BCUT2D eigenvalue weighted by Gasteiger charge is -2.17. The molecule has 0 aliphatic heterocycles. The van der Waals surface area contributed by atoms with E-state index < -0.39 is 0 Å². The summed E-state index contributed by atoms with van der Waals surface area (Å²) in [6, 6.07) is 15.5. The number of amides is 1. The molecule has 5 heteroatoms. The van der Waals surface area contributed by atoms with Crippen molar-refractivity contribution in [1.82, 2.24) is 10.1 Å². The summed E-state index contributed by atoms with van der Waals surface area (Å²) >= 11 is 3.50. The van der Waals surface area contributed by atoms with E-state index in [1.54, 1.807) is 11.9 Å². The number of fused-ring (bicyclic) bond motifs is 1. The molecule has 0 bridgehead atoms. The fraction of sp³-hybridized carbons (Fsp3) is 0.176. The topological polar surface area (TPSA) is 46.3 Å². The molecule has 0 unspecified atom stereocenters. The first-order chi connectivity index (χ1) is 10.6. The monoisotopic (exact) mass is 358 g/mol. The summed E-state index contributed by atoms with van der Waals surface area (Å²) < 4.78 is 6.24. The number of benzene rings is 2. The molecule has 22 heavy (non-hydrogen) atoms. The van der Waals surface area contributed by atoms with E-state index in [-0.39, 0.29) is 12.3 Å². The van der Waals surface area contributed by atoms with E-state index in [2.05, 4.69) is 21.1 Å². The number of aromatic nitrogens is 1. The SMILES string of the molecule is CN(Cc1ccccc1Br)C(=O)Cc1noc2ccccc12. The van der Waals surface area contributed by atoms with Crippen LogP contribution in [0.4, 0.5) is 0 Å². The highest BCUT2D eigenvalue weighted by Crippen LogP contribution is 2.20. The van der Waals surface area contributed by atoms with Gasteiger partial charge in [0.1, 0.15) is 5.69 Å². The molecule has 0 spiro atoms. The summed E-state index contributed by atoms with van der Waals surface area (Å²) in [6.45, 7) is 0.552. The van der Waals surface area contributed by atoms with Crippen LogP contribution in [0.25, 0.3) is 11.0 Å². The predicted molar refractivity (Wildman–Crippen MR) is 88.3 cm³/mol. The summed E-state index contributed by atoms with van der Waals surface area (Å²) in [5.41, 5.74) is 2.46. The van der Waals surface area contributed by atoms with Gasteiger partial charge in [-0.15, -0.1) is 0 Å². The van der Waals surface area contributed by atoms with Crippen LogP contribution in [0.15, 0.2) is 57.5 Å². The van der Waals surface area contributed by atoms with Gasteiger partial charge in [0, 0.05) is 23.5 Å². The van der Waals surface area contributed by atoms with Gasteiger partial charge >= 0.3 is 0 Å². The van der Waals surface area contributed by atoms with E-state index in [0.29, 0.717) is 17.8 Å². The van der Waals surface area contributed by atoms with Gasteiger partial charge in [0.2, 0.25) is 5.91 Å². The molecule has 0 N–H and O–H groups in total. The van der Waals surface area contributed by atoms with Crippen LogP contribution < -0.4 is 0 Å². The Morgan fingerprint density at radius 2 is 1.91 bits per heavy atom. The third-order valence-corrected chi connectivity index (χ3v) is 4.34. The third-order valence-electron chi connectivity index (χ3n) is 3.56. The zero-order valence-corrected chi connectivity index (χ0v) is 13.7. The molecular weight excluding hydrogens is 344 g/mol. The largest absolute Gasteiger partial charge is 0.356 e. The van der Waals surface area contributed by atoms with Crippen molar-refractivity contribution in [3.8, 4) is 0 Å². The lowest BCUT2D eigenvalue weighted by Crippen LogP contribution is -2.28. The number of likely N-dealkylation sites (N-methyl/N-ethyl adjacent to an activating group) is 1. The third kappa shape index (κ3) is 3.04. The highest BCUT2D eigenvalue weighted by molar-refractivity contribution is 9.10. The molecule has 0 radical (unpaired) electrons. The minimum atomic E-state index is 0.00908. The van der Waals surface area contributed by atoms with Crippen molar-refractivity contribution >= 4 is 32.8 Å². The molecule has 4 nitrogen and oxygen atoms in total. The Bertz CT molecular complexity index is 813. The lowest BCUT2D eigenvalue weighted by atomic mass is 10.1. The molecule has 3 rings (SSSR count). The van der Waals surface area contributed by atoms with Crippen molar-refractivity contribution in [1.29, 1.82) is 0 Å². The Kier molecular flexibility index (Phi) is 4.24. The number of nitrogens with zero attached hydrogens (tertiary/aromatic N) is 2. The van der Waals surface area contributed by atoms with Crippen molar-refractivity contribution in [3.05, 3.63) is 64.3 Å². The number of hydrogen-bond acceptors (Lipinski definition) is 3. The number of carbonyl (C=O) groups excluding carboxylic acids is 1. The zero-order valence-electron chi connectivity index (χ0n) is 12.1. The van der Waals surface area contributed by atoms with Gasteiger partial charge in [0.05, 0.1) is 6.42 Å². The second-order valence-electron chi connectivity index (χ2n) is 5.14. The Hall–Kier alpha value is -2.14. The molecule has 0 aliphatic rings. The Morgan fingerprint density at radius 1 is 1.18 bits per heavy atom. The Morgan fingerprint density at radius 3 is 2.73 bits per heavy atom. The molecule has 3 aromatic rings. The van der Waals surface area contributed by atoms with Crippen LogP contribution in [0.3, 0.4) is 0 Å². The van der Waals surface area contributed by atoms with Gasteiger partial charge < -0.3 is 9.42 Å². The van der Waals surface area contributed by atoms with Gasteiger partial charge in [-0.3, -0.25) is 4.79 Å². The van der Waals surface area contributed by atoms with Crippen molar-refractivity contribution in [2.24, 2.45) is 0 Å². The highest BCUT2D eigenvalue weighted by atomic mass is 79.9. The van der Waals surface area contributed by atoms with Crippen LogP contribution in [0, 0.1) is 0 Å². The summed E-state index contributed by atoms with van der Waals surface area (Å²) in [6.07, 6.45) is 0.234. The maximum absolute atomic E-state index is 12.4. The summed E-state index contributed by atoms with van der Waals surface area (Å²) in [7, 11) is 1.80. The van der Waals surface area contributed by atoms with Gasteiger partial charge in [0.15, 0.2) is 5.58 Å². The van der Waals surface area contributed by atoms with Crippen LogP contribution in [0.2, 0.25) is 0 Å². The number of hydrogen-bond donors (Lipinski definition) is 0. The lowest BCUT2D eigenvalue weighted by molar-refractivity contribution is -0.129. The van der Waals surface area contributed by atoms with E-state index >= 15 is 0 Å². The highest BCUT2D eigenvalue weighted by Gasteiger charge is 2.16. The molecule has 112 valence electrons. The second-order valence-corrected chi connectivity index (χ2v) is 6.00. The Balaban J connectivity index is 1.73. The van der Waals surface area contributed by atoms with Crippen LogP contribution in [-0.2, 0) is 17.8 Å². The minimum Gasteiger partial charge on any atom is -0.356 e. The first-order valence-electron chi connectivity index (χ1n) is 6.96. The predicted octanol–water partition coefficient (Wildman–Crippen LogP) is 3.79. The van der Waals surface area contributed by atoms with E-state index in [4.69, 9.17) is 4.52 Å². The fourth-order valence-electron chi connectivity index (χ4n) is 2.31. The second kappa shape index (κ2) is 6.32. The molecule has 0 saturated carbocycles. The smallest absolute Gasteiger partial charge is 0.228 e. The van der Waals surface area contributed by atoms with Crippen LogP contribution in [0.1, 0.15) is 11.3 Å². The van der Waals surface area contributed by atoms with Crippen molar-refractivity contribution in [3.63, 3.8) is 0 Å². The van der Waals surface area contributed by atoms with Crippen LogP contribution in [0.5, 0.6) is 0 Å². The number of halogens is 1. The summed E-state index contributed by atoms with van der Waals surface area (Å²) in [5, 5.41) is 4.90. The molecule has 1 amide bonds. The van der Waals surface area contributed by atoms with Gasteiger partial charge in [0.25, 0.3) is 0 Å². The molecule has 2 aromatic carbocycles. The molecule has 0 aliphatic carbocycles. The summed E-state index contributed by atoms with van der Waals surface area (Å²) in [5.74, 6) is 0.00908. The van der Waals surface area contributed by atoms with E-state index in [1.165, 1.54) is 0 Å². The summed E-state index contributed by atoms with van der Waals surface area (Å²) in [4.78, 5) is 14.1. The average molecular weight is 359 g/mol. The van der Waals surface area contributed by atoms with Gasteiger partial charge in [-0.25, -0.2) is 0 Å². The maximum atomic E-state index is 12.4. The first kappa shape index (κ1) is 14.8. The normalized spacial score (nSPS) is 10.8. The van der Waals surface area contributed by atoms with Gasteiger partial charge in [-0.05, 0) is 23.8 Å². The number of para-hydroxylation sites is 1. The van der Waals surface area contributed by atoms with Gasteiger partial charge in [-0.1, -0.05) is 51.4 Å². The number of carbonyl (C=O) groups is 1. The molecule has 0 atom stereocenters. The Labute approximate surface area is 136 Å². The maximum Gasteiger partial charge on any atom is 0.228 e.